The number of aliphatic imine (C=N–C) groups is 1. The fourth-order valence-electron chi connectivity index (χ4n) is 4.68. The van der Waals surface area contributed by atoms with Crippen LogP contribution in [0.5, 0.6) is 0 Å². The highest BCUT2D eigenvalue weighted by Gasteiger charge is 2.13. The highest BCUT2D eigenvalue weighted by Crippen LogP contribution is 2.24. The molecule has 5 N–H and O–H groups in total. The second-order valence-electron chi connectivity index (χ2n) is 10.2. The van der Waals surface area contributed by atoms with Gasteiger partial charge in [0.2, 0.25) is 5.95 Å². The number of aromatic nitrogens is 2. The second-order valence-corrected chi connectivity index (χ2v) is 10.2. The molecule has 0 bridgehead atoms. The lowest BCUT2D eigenvalue weighted by Crippen LogP contribution is -2.29. The Morgan fingerprint density at radius 1 is 1.12 bits per heavy atom. The molecule has 0 saturated carbocycles. The van der Waals surface area contributed by atoms with Gasteiger partial charge in [0.15, 0.2) is 0 Å². The number of fused-ring (bicyclic) bond motifs is 1. The van der Waals surface area contributed by atoms with Gasteiger partial charge in [-0.05, 0) is 75.7 Å². The van der Waals surface area contributed by atoms with Crippen molar-refractivity contribution in [2.45, 2.75) is 53.6 Å². The van der Waals surface area contributed by atoms with Gasteiger partial charge in [-0.1, -0.05) is 37.0 Å². The summed E-state index contributed by atoms with van der Waals surface area (Å²) in [5.74, 6) is 6.56. The molecule has 1 aromatic heterocycles. The lowest BCUT2D eigenvalue weighted by molar-refractivity contribution is 0.201. The molecule has 0 aliphatic carbocycles. The molecule has 3 rings (SSSR count). The van der Waals surface area contributed by atoms with Crippen molar-refractivity contribution in [1.29, 1.82) is 0 Å². The molecule has 0 radical (unpaired) electrons. The van der Waals surface area contributed by atoms with E-state index in [2.05, 4.69) is 62.1 Å². The van der Waals surface area contributed by atoms with Crippen LogP contribution >= 0.6 is 0 Å². The first kappa shape index (κ1) is 32.8. The van der Waals surface area contributed by atoms with E-state index in [4.69, 9.17) is 10.1 Å². The lowest BCUT2D eigenvalue weighted by Gasteiger charge is -2.19. The molecule has 1 heterocycles. The number of likely N-dealkylation sites (N-methyl/N-ethyl adjacent to an activating group) is 1. The SMILES string of the molecule is C/C=C(/C)N=C(CO)CCn1c(NCCCN(CC)CCO)nc2ccc(CNc3cc(C)ccc3C#CCO)cc21. The van der Waals surface area contributed by atoms with Crippen LogP contribution in [0.15, 0.2) is 53.2 Å². The Hall–Kier alpha value is -3.68. The van der Waals surface area contributed by atoms with E-state index < -0.39 is 0 Å². The number of hydrogen-bond acceptors (Lipinski definition) is 8. The van der Waals surface area contributed by atoms with Crippen LogP contribution in [-0.2, 0) is 13.1 Å². The minimum absolute atomic E-state index is 0.0918. The minimum atomic E-state index is -0.180. The number of imidazole rings is 1. The van der Waals surface area contributed by atoms with Gasteiger partial charge in [0, 0.05) is 49.6 Å². The van der Waals surface area contributed by atoms with Gasteiger partial charge < -0.3 is 35.4 Å². The fraction of sp³-hybridized carbons (Fsp3) is 0.455. The van der Waals surface area contributed by atoms with Crippen molar-refractivity contribution >= 4 is 28.4 Å². The van der Waals surface area contributed by atoms with E-state index in [1.54, 1.807) is 0 Å². The Morgan fingerprint density at radius 3 is 2.67 bits per heavy atom. The smallest absolute Gasteiger partial charge is 0.203 e. The molecule has 3 aromatic rings. The van der Waals surface area contributed by atoms with Crippen LogP contribution in [0.25, 0.3) is 11.0 Å². The van der Waals surface area contributed by atoms with Crippen molar-refractivity contribution in [3.05, 3.63) is 64.9 Å². The van der Waals surface area contributed by atoms with Crippen molar-refractivity contribution in [2.24, 2.45) is 4.99 Å². The zero-order chi connectivity index (χ0) is 30.3. The summed E-state index contributed by atoms with van der Waals surface area (Å²) in [5, 5.41) is 35.4. The predicted octanol–water partition coefficient (Wildman–Crippen LogP) is 4.16. The summed E-state index contributed by atoms with van der Waals surface area (Å²) in [6.45, 7) is 12.4. The maximum atomic E-state index is 9.94. The number of anilines is 2. The highest BCUT2D eigenvalue weighted by atomic mass is 16.3. The molecule has 9 nitrogen and oxygen atoms in total. The maximum absolute atomic E-state index is 9.94. The Labute approximate surface area is 250 Å². The standard InChI is InChI=1S/C33H46N6O3/c1-5-26(4)36-29(24-42)14-17-39-32-22-27(23-35-31-21-25(3)10-12-28(31)9-7-19-40)11-13-30(32)37-33(39)34-15-8-16-38(6-2)18-20-41/h5,10-13,21-22,35,40-42H,6,8,14-20,23-24H2,1-4H3,(H,34,37)/b26-5-,36-29?. The summed E-state index contributed by atoms with van der Waals surface area (Å²) in [6.07, 6.45) is 3.45. The van der Waals surface area contributed by atoms with Crippen LogP contribution < -0.4 is 10.6 Å². The van der Waals surface area contributed by atoms with Crippen molar-refractivity contribution in [3.63, 3.8) is 0 Å². The van der Waals surface area contributed by atoms with Crippen molar-refractivity contribution in [3.8, 4) is 11.8 Å². The third-order valence-electron chi connectivity index (χ3n) is 7.13. The zero-order valence-electron chi connectivity index (χ0n) is 25.5. The average molecular weight is 575 g/mol. The van der Waals surface area contributed by atoms with Gasteiger partial charge in [-0.15, -0.1) is 0 Å². The molecule has 9 heteroatoms. The average Bonchev–Trinajstić information content (AvgIpc) is 3.35. The molecule has 0 fully saturated rings. The van der Waals surface area contributed by atoms with Crippen LogP contribution in [0.1, 0.15) is 50.3 Å². The number of aliphatic hydroxyl groups is 3. The molecule has 2 aromatic carbocycles. The van der Waals surface area contributed by atoms with Gasteiger partial charge >= 0.3 is 0 Å². The molecular formula is C33H46N6O3. The van der Waals surface area contributed by atoms with E-state index in [0.717, 1.165) is 76.8 Å². The minimum Gasteiger partial charge on any atom is -0.395 e. The first-order chi connectivity index (χ1) is 20.4. The summed E-state index contributed by atoms with van der Waals surface area (Å²) in [5.41, 5.74) is 7.52. The first-order valence-electron chi connectivity index (χ1n) is 14.7. The van der Waals surface area contributed by atoms with E-state index in [1.165, 1.54) is 0 Å². The summed E-state index contributed by atoms with van der Waals surface area (Å²) in [4.78, 5) is 11.7. The van der Waals surface area contributed by atoms with Gasteiger partial charge in [-0.3, -0.25) is 4.99 Å². The Morgan fingerprint density at radius 2 is 1.95 bits per heavy atom. The van der Waals surface area contributed by atoms with E-state index in [0.29, 0.717) is 26.1 Å². The number of aliphatic hydroxyl groups excluding tert-OH is 3. The number of hydrogen-bond donors (Lipinski definition) is 5. The molecule has 0 amide bonds. The third-order valence-corrected chi connectivity index (χ3v) is 7.13. The molecule has 0 atom stereocenters. The molecule has 0 aliphatic rings. The summed E-state index contributed by atoms with van der Waals surface area (Å²) in [6, 6.07) is 12.3. The number of aryl methyl sites for hydroxylation is 2. The molecule has 226 valence electrons. The largest absolute Gasteiger partial charge is 0.395 e. The van der Waals surface area contributed by atoms with Crippen molar-refractivity contribution < 1.29 is 15.3 Å². The molecular weight excluding hydrogens is 528 g/mol. The number of benzene rings is 2. The maximum Gasteiger partial charge on any atom is 0.203 e. The van der Waals surface area contributed by atoms with Gasteiger partial charge in [0.25, 0.3) is 0 Å². The number of allylic oxidation sites excluding steroid dienone is 2. The van der Waals surface area contributed by atoms with E-state index >= 15 is 0 Å². The topological polar surface area (TPSA) is 118 Å². The molecule has 0 unspecified atom stereocenters. The van der Waals surface area contributed by atoms with Crippen LogP contribution in [-0.4, -0.2) is 81.5 Å². The highest BCUT2D eigenvalue weighted by molar-refractivity contribution is 5.87. The Kier molecular flexibility index (Phi) is 13.5. The van der Waals surface area contributed by atoms with E-state index in [1.807, 2.05) is 45.0 Å². The van der Waals surface area contributed by atoms with E-state index in [9.17, 15) is 10.2 Å². The van der Waals surface area contributed by atoms with Gasteiger partial charge in [0.1, 0.15) is 6.61 Å². The molecule has 0 spiro atoms. The van der Waals surface area contributed by atoms with Crippen LogP contribution in [0.4, 0.5) is 11.6 Å². The predicted molar refractivity (Wildman–Crippen MR) is 173 cm³/mol. The van der Waals surface area contributed by atoms with E-state index in [-0.39, 0.29) is 19.8 Å². The van der Waals surface area contributed by atoms with Gasteiger partial charge in [0.05, 0.1) is 29.9 Å². The lowest BCUT2D eigenvalue weighted by atomic mass is 10.1. The molecule has 0 aliphatic heterocycles. The summed E-state index contributed by atoms with van der Waals surface area (Å²) < 4.78 is 2.17. The second kappa shape index (κ2) is 17.3. The number of nitrogens with one attached hydrogen (secondary N) is 2. The Balaban J connectivity index is 1.85. The third kappa shape index (κ3) is 9.71. The summed E-state index contributed by atoms with van der Waals surface area (Å²) >= 11 is 0. The molecule has 42 heavy (non-hydrogen) atoms. The fourth-order valence-corrected chi connectivity index (χ4v) is 4.68. The normalized spacial score (nSPS) is 12.1. The van der Waals surface area contributed by atoms with Crippen LogP contribution in [0.3, 0.4) is 0 Å². The van der Waals surface area contributed by atoms with Crippen LogP contribution in [0, 0.1) is 18.8 Å². The van der Waals surface area contributed by atoms with Crippen molar-refractivity contribution in [2.75, 3.05) is 56.6 Å². The number of nitrogens with zero attached hydrogens (tertiary/aromatic N) is 4. The number of rotatable bonds is 16. The van der Waals surface area contributed by atoms with Crippen LogP contribution in [0.2, 0.25) is 0 Å². The van der Waals surface area contributed by atoms with Gasteiger partial charge in [-0.25, -0.2) is 4.98 Å². The Bertz CT molecular complexity index is 1420. The molecule has 0 saturated heterocycles. The first-order valence-corrected chi connectivity index (χ1v) is 14.7. The monoisotopic (exact) mass is 574 g/mol. The zero-order valence-corrected chi connectivity index (χ0v) is 25.5. The van der Waals surface area contributed by atoms with Gasteiger partial charge in [-0.2, -0.15) is 0 Å². The van der Waals surface area contributed by atoms with Crippen molar-refractivity contribution in [1.82, 2.24) is 14.5 Å². The quantitative estimate of drug-likeness (QED) is 0.0991. The summed E-state index contributed by atoms with van der Waals surface area (Å²) in [7, 11) is 0.